The number of aryl methyl sites for hydroxylation is 1. The molecule has 0 N–H and O–H groups in total. The fraction of sp³-hybridized carbons (Fsp3) is 0.700. The van der Waals surface area contributed by atoms with Crippen molar-refractivity contribution in [1.29, 1.82) is 0 Å². The average molecular weight is 274 g/mol. The predicted octanol–water partition coefficient (Wildman–Crippen LogP) is 3.51. The summed E-state index contributed by atoms with van der Waals surface area (Å²) >= 11 is 0. The van der Waals surface area contributed by atoms with Gasteiger partial charge in [-0.25, -0.2) is 4.68 Å². The minimum absolute atomic E-state index is 0.384. The van der Waals surface area contributed by atoms with Crippen molar-refractivity contribution in [2.24, 2.45) is 7.05 Å². The van der Waals surface area contributed by atoms with Crippen LogP contribution in [0, 0.1) is 5.95 Å². The van der Waals surface area contributed by atoms with E-state index in [-0.39, 0.29) is 0 Å². The Labute approximate surface area is 99.6 Å². The summed E-state index contributed by atoms with van der Waals surface area (Å²) in [5.74, 6) is -6.38. The van der Waals surface area contributed by atoms with Gasteiger partial charge in [-0.05, 0) is 5.41 Å². The number of nitrogens with zero attached hydrogens (tertiary/aromatic N) is 2. The molecule has 0 aliphatic rings. The summed E-state index contributed by atoms with van der Waals surface area (Å²) in [5.41, 5.74) is -3.53. The molecule has 8 heteroatoms. The standard InChI is InChI=1S/C10H12F6N2/c1-8(2,3)5-6(17-18(4)7(5)11)9(12,13)10(14,15)16/h1-4H3. The van der Waals surface area contributed by atoms with Gasteiger partial charge < -0.3 is 0 Å². The Kier molecular flexibility index (Phi) is 3.21. The van der Waals surface area contributed by atoms with E-state index in [0.29, 0.717) is 4.68 Å². The molecule has 0 bridgehead atoms. The van der Waals surface area contributed by atoms with E-state index < -0.39 is 34.7 Å². The summed E-state index contributed by atoms with van der Waals surface area (Å²) in [7, 11) is 0.973. The van der Waals surface area contributed by atoms with Gasteiger partial charge in [-0.1, -0.05) is 20.8 Å². The van der Waals surface area contributed by atoms with Crippen molar-refractivity contribution < 1.29 is 26.3 Å². The Morgan fingerprint density at radius 3 is 1.78 bits per heavy atom. The molecule has 0 amide bonds. The van der Waals surface area contributed by atoms with Crippen LogP contribution in [0.25, 0.3) is 0 Å². The van der Waals surface area contributed by atoms with Crippen LogP contribution in [0.1, 0.15) is 32.0 Å². The highest BCUT2D eigenvalue weighted by Crippen LogP contribution is 2.46. The maximum atomic E-state index is 13.6. The number of hydrogen-bond acceptors (Lipinski definition) is 1. The van der Waals surface area contributed by atoms with Gasteiger partial charge in [-0.2, -0.15) is 31.4 Å². The second kappa shape index (κ2) is 3.89. The third kappa shape index (κ3) is 2.20. The third-order valence-corrected chi connectivity index (χ3v) is 2.38. The Hall–Kier alpha value is -1.21. The molecule has 0 radical (unpaired) electrons. The van der Waals surface area contributed by atoms with Gasteiger partial charge in [-0.3, -0.25) is 0 Å². The lowest BCUT2D eigenvalue weighted by molar-refractivity contribution is -0.291. The molecule has 1 rings (SSSR count). The molecule has 0 spiro atoms. The molecule has 1 heterocycles. The summed E-state index contributed by atoms with van der Waals surface area (Å²) in [6.45, 7) is 4.01. The van der Waals surface area contributed by atoms with Crippen molar-refractivity contribution in [3.05, 3.63) is 17.2 Å². The normalized spacial score (nSPS) is 14.1. The van der Waals surface area contributed by atoms with E-state index in [1.165, 1.54) is 20.8 Å². The number of alkyl halides is 5. The zero-order valence-corrected chi connectivity index (χ0v) is 10.2. The fourth-order valence-corrected chi connectivity index (χ4v) is 1.52. The van der Waals surface area contributed by atoms with Crippen molar-refractivity contribution >= 4 is 0 Å². The molecule has 0 saturated carbocycles. The van der Waals surface area contributed by atoms with Gasteiger partial charge >= 0.3 is 12.1 Å². The maximum Gasteiger partial charge on any atom is 0.459 e. The van der Waals surface area contributed by atoms with E-state index in [1.807, 2.05) is 0 Å². The Bertz CT molecular complexity index is 452. The largest absolute Gasteiger partial charge is 0.459 e. The van der Waals surface area contributed by atoms with Crippen LogP contribution in [0.3, 0.4) is 0 Å². The molecular weight excluding hydrogens is 262 g/mol. The zero-order valence-electron chi connectivity index (χ0n) is 10.2. The van der Waals surface area contributed by atoms with Crippen molar-refractivity contribution in [2.45, 2.75) is 38.3 Å². The van der Waals surface area contributed by atoms with E-state index in [2.05, 4.69) is 5.10 Å². The predicted molar refractivity (Wildman–Crippen MR) is 51.8 cm³/mol. The maximum absolute atomic E-state index is 13.6. The molecule has 1 aromatic heterocycles. The van der Waals surface area contributed by atoms with Gasteiger partial charge in [0, 0.05) is 12.6 Å². The van der Waals surface area contributed by atoms with Crippen LogP contribution in [0.4, 0.5) is 26.3 Å². The van der Waals surface area contributed by atoms with Gasteiger partial charge in [0.25, 0.3) is 0 Å². The number of halogens is 6. The average Bonchev–Trinajstić information content (AvgIpc) is 2.40. The van der Waals surface area contributed by atoms with Gasteiger partial charge in [-0.15, -0.1) is 0 Å². The molecular formula is C10H12F6N2. The van der Waals surface area contributed by atoms with E-state index in [9.17, 15) is 26.3 Å². The van der Waals surface area contributed by atoms with Crippen LogP contribution < -0.4 is 0 Å². The molecule has 0 aliphatic carbocycles. The van der Waals surface area contributed by atoms with E-state index >= 15 is 0 Å². The molecule has 0 aliphatic heterocycles. The minimum Gasteiger partial charge on any atom is -0.242 e. The minimum atomic E-state index is -5.81. The summed E-state index contributed by atoms with van der Waals surface area (Å²) < 4.78 is 77.5. The van der Waals surface area contributed by atoms with Crippen molar-refractivity contribution in [1.82, 2.24) is 9.78 Å². The number of rotatable bonds is 1. The zero-order chi connectivity index (χ0) is 14.5. The highest BCUT2D eigenvalue weighted by molar-refractivity contribution is 5.31. The lowest BCUT2D eigenvalue weighted by Crippen LogP contribution is -2.36. The van der Waals surface area contributed by atoms with Crippen molar-refractivity contribution in [2.75, 3.05) is 0 Å². The van der Waals surface area contributed by atoms with Gasteiger partial charge in [0.1, 0.15) is 5.69 Å². The first-order valence-corrected chi connectivity index (χ1v) is 4.98. The third-order valence-electron chi connectivity index (χ3n) is 2.38. The molecule has 0 saturated heterocycles. The first-order valence-electron chi connectivity index (χ1n) is 4.98. The van der Waals surface area contributed by atoms with Crippen molar-refractivity contribution in [3.8, 4) is 0 Å². The second-order valence-electron chi connectivity index (χ2n) is 4.96. The van der Waals surface area contributed by atoms with Crippen LogP contribution in [-0.2, 0) is 18.4 Å². The monoisotopic (exact) mass is 274 g/mol. The van der Waals surface area contributed by atoms with Crippen molar-refractivity contribution in [3.63, 3.8) is 0 Å². The lowest BCUT2D eigenvalue weighted by Gasteiger charge is -2.23. The topological polar surface area (TPSA) is 17.8 Å². The SMILES string of the molecule is Cn1nc(C(F)(F)C(F)(F)F)c(C(C)(C)C)c1F. The van der Waals surface area contributed by atoms with Crippen LogP contribution in [-0.4, -0.2) is 16.0 Å². The smallest absolute Gasteiger partial charge is 0.242 e. The second-order valence-corrected chi connectivity index (χ2v) is 4.96. The molecule has 2 nitrogen and oxygen atoms in total. The molecule has 0 unspecified atom stereocenters. The van der Waals surface area contributed by atoms with Crippen LogP contribution in [0.5, 0.6) is 0 Å². The fourth-order valence-electron chi connectivity index (χ4n) is 1.52. The first kappa shape index (κ1) is 14.8. The highest BCUT2D eigenvalue weighted by Gasteiger charge is 2.62. The van der Waals surface area contributed by atoms with E-state index in [0.717, 1.165) is 7.05 Å². The van der Waals surface area contributed by atoms with Crippen LogP contribution in [0.2, 0.25) is 0 Å². The quantitative estimate of drug-likeness (QED) is 0.716. The van der Waals surface area contributed by atoms with E-state index in [1.54, 1.807) is 0 Å². The molecule has 18 heavy (non-hydrogen) atoms. The molecule has 104 valence electrons. The lowest BCUT2D eigenvalue weighted by atomic mass is 9.85. The van der Waals surface area contributed by atoms with Gasteiger partial charge in [0.15, 0.2) is 0 Å². The Morgan fingerprint density at radius 2 is 1.44 bits per heavy atom. The first-order chi connectivity index (χ1) is 7.80. The summed E-state index contributed by atoms with van der Waals surface area (Å²) in [4.78, 5) is 0. The molecule has 0 atom stereocenters. The van der Waals surface area contributed by atoms with Crippen LogP contribution in [0.15, 0.2) is 0 Å². The highest BCUT2D eigenvalue weighted by atomic mass is 19.4. The Morgan fingerprint density at radius 1 is 1.00 bits per heavy atom. The number of aromatic nitrogens is 2. The van der Waals surface area contributed by atoms with Gasteiger partial charge in [0.2, 0.25) is 5.95 Å². The van der Waals surface area contributed by atoms with Crippen LogP contribution >= 0.6 is 0 Å². The Balaban J connectivity index is 3.58. The number of hydrogen-bond donors (Lipinski definition) is 0. The summed E-state index contributed by atoms with van der Waals surface area (Å²) in [5, 5.41) is 2.99. The van der Waals surface area contributed by atoms with E-state index in [4.69, 9.17) is 0 Å². The summed E-state index contributed by atoms with van der Waals surface area (Å²) in [6, 6.07) is 0. The molecule has 0 fully saturated rings. The van der Waals surface area contributed by atoms with Gasteiger partial charge in [0.05, 0.1) is 0 Å². The molecule has 0 aromatic carbocycles. The summed E-state index contributed by atoms with van der Waals surface area (Å²) in [6.07, 6.45) is -5.81. The molecule has 1 aromatic rings.